The van der Waals surface area contributed by atoms with Crippen LogP contribution in [0, 0.1) is 5.82 Å². The van der Waals surface area contributed by atoms with Gasteiger partial charge in [-0.25, -0.2) is 9.18 Å². The highest BCUT2D eigenvalue weighted by Gasteiger charge is 2.27. The van der Waals surface area contributed by atoms with E-state index in [0.29, 0.717) is 4.90 Å². The van der Waals surface area contributed by atoms with Crippen LogP contribution in [-0.4, -0.2) is 22.0 Å². The number of H-pyrrole nitrogens is 1. The summed E-state index contributed by atoms with van der Waals surface area (Å²) in [6, 6.07) is 4.65. The van der Waals surface area contributed by atoms with Crippen LogP contribution in [-0.2, 0) is 6.42 Å². The molecule has 2 heterocycles. The Hall–Kier alpha value is -2.02. The molecule has 2 aliphatic rings. The molecular weight excluding hydrogens is 327 g/mol. The van der Waals surface area contributed by atoms with E-state index in [1.807, 2.05) is 12.3 Å². The highest BCUT2D eigenvalue weighted by molar-refractivity contribution is 7.99. The van der Waals surface area contributed by atoms with Crippen LogP contribution in [0.15, 0.2) is 29.3 Å². The average molecular weight is 346 g/mol. The van der Waals surface area contributed by atoms with E-state index in [2.05, 4.69) is 20.8 Å². The molecule has 7 heteroatoms. The van der Waals surface area contributed by atoms with E-state index in [0.717, 1.165) is 42.7 Å². The lowest BCUT2D eigenvalue weighted by atomic mass is 9.94. The number of hydrogen-bond donors (Lipinski definition) is 3. The Morgan fingerprint density at radius 3 is 3.08 bits per heavy atom. The second-order valence-electron chi connectivity index (χ2n) is 6.22. The minimum absolute atomic E-state index is 0.0406. The maximum Gasteiger partial charge on any atom is 0.315 e. The zero-order chi connectivity index (χ0) is 16.5. The van der Waals surface area contributed by atoms with E-state index >= 15 is 0 Å². The van der Waals surface area contributed by atoms with E-state index in [4.69, 9.17) is 0 Å². The van der Waals surface area contributed by atoms with Crippen molar-refractivity contribution in [3.05, 3.63) is 47.0 Å². The molecular formula is C17H19FN4OS. The molecule has 3 N–H and O–H groups in total. The van der Waals surface area contributed by atoms with E-state index in [1.54, 1.807) is 6.07 Å². The predicted octanol–water partition coefficient (Wildman–Crippen LogP) is 3.46. The van der Waals surface area contributed by atoms with Gasteiger partial charge in [-0.15, -0.1) is 11.8 Å². The second kappa shape index (κ2) is 6.47. The molecule has 1 aliphatic carbocycles. The predicted molar refractivity (Wildman–Crippen MR) is 90.4 cm³/mol. The van der Waals surface area contributed by atoms with Crippen LogP contribution in [0.2, 0.25) is 0 Å². The molecule has 24 heavy (non-hydrogen) atoms. The third-order valence-corrected chi connectivity index (χ3v) is 5.83. The topological polar surface area (TPSA) is 69.8 Å². The molecule has 0 spiro atoms. The summed E-state index contributed by atoms with van der Waals surface area (Å²) in [7, 11) is 0. The number of halogens is 1. The fourth-order valence-corrected chi connectivity index (χ4v) is 4.64. The summed E-state index contributed by atoms with van der Waals surface area (Å²) in [5.41, 5.74) is 3.04. The molecule has 2 amide bonds. The van der Waals surface area contributed by atoms with Crippen LogP contribution in [0.4, 0.5) is 9.18 Å². The number of nitrogens with one attached hydrogen (secondary N) is 3. The van der Waals surface area contributed by atoms with Crippen molar-refractivity contribution in [1.29, 1.82) is 0 Å². The Kier molecular flexibility index (Phi) is 4.18. The Morgan fingerprint density at radius 1 is 1.29 bits per heavy atom. The number of carbonyl (C=O) groups is 1. The van der Waals surface area contributed by atoms with Crippen molar-refractivity contribution < 1.29 is 9.18 Å². The van der Waals surface area contributed by atoms with Gasteiger partial charge in [0.15, 0.2) is 0 Å². The van der Waals surface area contributed by atoms with Gasteiger partial charge in [0, 0.05) is 10.6 Å². The van der Waals surface area contributed by atoms with E-state index in [9.17, 15) is 9.18 Å². The van der Waals surface area contributed by atoms with Gasteiger partial charge in [-0.2, -0.15) is 5.10 Å². The van der Waals surface area contributed by atoms with Gasteiger partial charge < -0.3 is 10.6 Å². The molecule has 1 aliphatic heterocycles. The second-order valence-corrected chi connectivity index (χ2v) is 7.32. The highest BCUT2D eigenvalue weighted by atomic mass is 32.2. The van der Waals surface area contributed by atoms with Crippen LogP contribution < -0.4 is 10.6 Å². The maximum absolute atomic E-state index is 13.9. The molecule has 0 saturated heterocycles. The minimum Gasteiger partial charge on any atom is -0.331 e. The van der Waals surface area contributed by atoms with E-state index in [-0.39, 0.29) is 23.9 Å². The van der Waals surface area contributed by atoms with Crippen molar-refractivity contribution in [1.82, 2.24) is 20.8 Å². The molecule has 5 nitrogen and oxygen atoms in total. The largest absolute Gasteiger partial charge is 0.331 e. The van der Waals surface area contributed by atoms with Crippen molar-refractivity contribution in [3.63, 3.8) is 0 Å². The zero-order valence-electron chi connectivity index (χ0n) is 13.1. The number of rotatable bonds is 2. The molecule has 2 aromatic rings. The Morgan fingerprint density at radius 2 is 2.17 bits per heavy atom. The molecule has 1 aromatic heterocycles. The van der Waals surface area contributed by atoms with Gasteiger partial charge in [0.1, 0.15) is 5.82 Å². The Bertz CT molecular complexity index is 763. The van der Waals surface area contributed by atoms with Crippen LogP contribution in [0.3, 0.4) is 0 Å². The van der Waals surface area contributed by atoms with Crippen molar-refractivity contribution in [2.75, 3.05) is 5.75 Å². The first-order chi connectivity index (χ1) is 11.7. The average Bonchev–Trinajstić information content (AvgIpc) is 3.06. The standard InChI is InChI=1S/C17H19FN4OS/c18-12-5-2-4-11-13(7-8-24-16(11)12)20-17(23)21-14-6-1-3-10-9-19-22-15(10)14/h2,4-5,9,13-14H,1,3,6-8H2,(H,19,22)(H2,20,21,23)/t13-,14-/m1/s1. The summed E-state index contributed by atoms with van der Waals surface area (Å²) < 4.78 is 13.9. The lowest BCUT2D eigenvalue weighted by Gasteiger charge is -2.28. The first-order valence-electron chi connectivity index (χ1n) is 8.23. The lowest BCUT2D eigenvalue weighted by Crippen LogP contribution is -2.41. The molecule has 126 valence electrons. The van der Waals surface area contributed by atoms with E-state index in [1.165, 1.54) is 23.4 Å². The summed E-state index contributed by atoms with van der Waals surface area (Å²) in [5, 5.41) is 13.1. The summed E-state index contributed by atoms with van der Waals surface area (Å²) in [6.07, 6.45) is 5.56. The van der Waals surface area contributed by atoms with Crippen molar-refractivity contribution in [3.8, 4) is 0 Å². The van der Waals surface area contributed by atoms with Crippen molar-refractivity contribution >= 4 is 17.8 Å². The summed E-state index contributed by atoms with van der Waals surface area (Å²) in [5.74, 6) is 0.589. The number of fused-ring (bicyclic) bond motifs is 2. The minimum atomic E-state index is -0.213. The Labute approximate surface area is 143 Å². The van der Waals surface area contributed by atoms with Crippen molar-refractivity contribution in [2.24, 2.45) is 0 Å². The normalized spacial score (nSPS) is 22.4. The Balaban J connectivity index is 1.46. The molecule has 2 atom stereocenters. The lowest BCUT2D eigenvalue weighted by molar-refractivity contribution is 0.230. The van der Waals surface area contributed by atoms with Gasteiger partial charge in [0.05, 0.1) is 24.0 Å². The molecule has 0 bridgehead atoms. The third-order valence-electron chi connectivity index (χ3n) is 4.68. The van der Waals surface area contributed by atoms with Gasteiger partial charge in [0.2, 0.25) is 0 Å². The summed E-state index contributed by atoms with van der Waals surface area (Å²) in [6.45, 7) is 0. The zero-order valence-corrected chi connectivity index (χ0v) is 14.0. The number of amides is 2. The van der Waals surface area contributed by atoms with Crippen LogP contribution >= 0.6 is 11.8 Å². The van der Waals surface area contributed by atoms with Gasteiger partial charge >= 0.3 is 6.03 Å². The number of aromatic nitrogens is 2. The monoisotopic (exact) mass is 346 g/mol. The van der Waals surface area contributed by atoms with Crippen molar-refractivity contribution in [2.45, 2.75) is 42.7 Å². The molecule has 0 saturated carbocycles. The van der Waals surface area contributed by atoms with Gasteiger partial charge in [-0.3, -0.25) is 5.10 Å². The number of aromatic amines is 1. The van der Waals surface area contributed by atoms with Crippen LogP contribution in [0.5, 0.6) is 0 Å². The number of thioether (sulfide) groups is 1. The fraction of sp³-hybridized carbons (Fsp3) is 0.412. The molecule has 4 rings (SSSR count). The number of nitrogens with zero attached hydrogens (tertiary/aromatic N) is 1. The van der Waals surface area contributed by atoms with Gasteiger partial charge in [-0.05, 0) is 42.9 Å². The molecule has 0 fully saturated rings. The van der Waals surface area contributed by atoms with Gasteiger partial charge in [0.25, 0.3) is 0 Å². The number of hydrogen-bond acceptors (Lipinski definition) is 3. The molecule has 1 aromatic carbocycles. The summed E-state index contributed by atoms with van der Waals surface area (Å²) >= 11 is 1.51. The number of aryl methyl sites for hydroxylation is 1. The number of benzene rings is 1. The van der Waals surface area contributed by atoms with Crippen LogP contribution in [0.25, 0.3) is 0 Å². The first-order valence-corrected chi connectivity index (χ1v) is 9.21. The highest BCUT2D eigenvalue weighted by Crippen LogP contribution is 2.37. The molecule has 0 radical (unpaired) electrons. The first kappa shape index (κ1) is 15.5. The van der Waals surface area contributed by atoms with Crippen LogP contribution in [0.1, 0.15) is 48.2 Å². The van der Waals surface area contributed by atoms with Gasteiger partial charge in [-0.1, -0.05) is 12.1 Å². The summed E-state index contributed by atoms with van der Waals surface area (Å²) in [4.78, 5) is 13.1. The smallest absolute Gasteiger partial charge is 0.315 e. The van der Waals surface area contributed by atoms with E-state index < -0.39 is 0 Å². The maximum atomic E-state index is 13.9. The number of carbonyl (C=O) groups excluding carboxylic acids is 1. The number of urea groups is 1. The SMILES string of the molecule is O=C(N[C@@H]1CCSc2c(F)cccc21)N[C@@H]1CCCc2cn[nH]c21. The quantitative estimate of drug-likeness (QED) is 0.780. The molecule has 0 unspecified atom stereocenters. The fourth-order valence-electron chi connectivity index (χ4n) is 3.50. The third kappa shape index (κ3) is 2.88.